The monoisotopic (exact) mass is 295 g/mol. The average molecular weight is 295 g/mol. The van der Waals surface area contributed by atoms with E-state index in [4.69, 9.17) is 0 Å². The van der Waals surface area contributed by atoms with Gasteiger partial charge in [0.1, 0.15) is 5.54 Å². The molecule has 2 N–H and O–H groups in total. The molecular weight excluding hydrogens is 270 g/mol. The van der Waals surface area contributed by atoms with Crippen molar-refractivity contribution in [3.63, 3.8) is 0 Å². The number of aliphatic carboxylic acids is 1. The Bertz CT molecular complexity index is 422. The van der Waals surface area contributed by atoms with E-state index in [0.29, 0.717) is 6.42 Å². The predicted octanol–water partition coefficient (Wildman–Crippen LogP) is 3.54. The van der Waals surface area contributed by atoms with Crippen molar-refractivity contribution in [2.24, 2.45) is 0 Å². The number of rotatable bonds is 8. The van der Waals surface area contributed by atoms with E-state index < -0.39 is 11.5 Å². The minimum absolute atomic E-state index is 0.155. The Hall–Kier alpha value is -1.00. The summed E-state index contributed by atoms with van der Waals surface area (Å²) in [7, 11) is 0. The van der Waals surface area contributed by atoms with Crippen LogP contribution in [0.5, 0.6) is 0 Å². The van der Waals surface area contributed by atoms with Crippen molar-refractivity contribution in [1.29, 1.82) is 0 Å². The number of hydrogen-bond acceptors (Lipinski definition) is 3. The van der Waals surface area contributed by atoms with Crippen LogP contribution in [0.2, 0.25) is 0 Å². The molecule has 2 atom stereocenters. The Morgan fingerprint density at radius 1 is 1.30 bits per heavy atom. The lowest BCUT2D eigenvalue weighted by atomic mass is 9.95. The SMILES string of the molecule is CC(C)NC(C)(CC(C)SCc1ccccc1)C(=O)O. The van der Waals surface area contributed by atoms with Crippen LogP contribution >= 0.6 is 11.8 Å². The average Bonchev–Trinajstić information content (AvgIpc) is 2.36. The fourth-order valence-electron chi connectivity index (χ4n) is 2.29. The van der Waals surface area contributed by atoms with Crippen molar-refractivity contribution in [2.45, 2.75) is 56.7 Å². The highest BCUT2D eigenvalue weighted by Crippen LogP contribution is 2.25. The first-order valence-electron chi connectivity index (χ1n) is 7.00. The molecule has 1 rings (SSSR count). The Labute approximate surface area is 126 Å². The van der Waals surface area contributed by atoms with E-state index in [-0.39, 0.29) is 11.3 Å². The standard InChI is InChI=1S/C16H25NO2S/c1-12(2)17-16(4,15(18)19)10-13(3)20-11-14-8-6-5-7-9-14/h5-9,12-13,17H,10-11H2,1-4H3,(H,18,19). The van der Waals surface area contributed by atoms with E-state index in [2.05, 4.69) is 24.4 Å². The molecule has 20 heavy (non-hydrogen) atoms. The Kier molecular flexibility index (Phi) is 6.56. The summed E-state index contributed by atoms with van der Waals surface area (Å²) in [6, 6.07) is 10.4. The summed E-state index contributed by atoms with van der Waals surface area (Å²) in [6.45, 7) is 7.82. The van der Waals surface area contributed by atoms with Gasteiger partial charge in [0, 0.05) is 17.0 Å². The van der Waals surface area contributed by atoms with Gasteiger partial charge < -0.3 is 5.11 Å². The van der Waals surface area contributed by atoms with Crippen molar-refractivity contribution in [1.82, 2.24) is 5.32 Å². The van der Waals surface area contributed by atoms with Gasteiger partial charge in [0.15, 0.2) is 0 Å². The predicted molar refractivity (Wildman–Crippen MR) is 86.1 cm³/mol. The van der Waals surface area contributed by atoms with Crippen LogP contribution in [-0.4, -0.2) is 27.9 Å². The molecule has 4 heteroatoms. The van der Waals surface area contributed by atoms with Crippen LogP contribution in [0.3, 0.4) is 0 Å². The van der Waals surface area contributed by atoms with Crippen molar-refractivity contribution in [2.75, 3.05) is 0 Å². The molecule has 0 spiro atoms. The first-order valence-corrected chi connectivity index (χ1v) is 8.05. The van der Waals surface area contributed by atoms with Gasteiger partial charge >= 0.3 is 5.97 Å². The second kappa shape index (κ2) is 7.70. The molecule has 0 heterocycles. The second-order valence-corrected chi connectivity index (χ2v) is 7.17. The van der Waals surface area contributed by atoms with Crippen LogP contribution in [0.1, 0.15) is 39.7 Å². The van der Waals surface area contributed by atoms with E-state index in [1.165, 1.54) is 5.56 Å². The third-order valence-corrected chi connectivity index (χ3v) is 4.39. The Balaban J connectivity index is 2.54. The molecule has 1 aromatic rings. The number of benzene rings is 1. The largest absolute Gasteiger partial charge is 0.480 e. The minimum Gasteiger partial charge on any atom is -0.480 e. The third kappa shape index (κ3) is 5.55. The van der Waals surface area contributed by atoms with E-state index in [0.717, 1.165) is 5.75 Å². The molecule has 112 valence electrons. The summed E-state index contributed by atoms with van der Waals surface area (Å²) in [6.07, 6.45) is 0.609. The zero-order valence-corrected chi connectivity index (χ0v) is 13.5. The van der Waals surface area contributed by atoms with Gasteiger partial charge in [-0.15, -0.1) is 0 Å². The van der Waals surface area contributed by atoms with Gasteiger partial charge in [-0.25, -0.2) is 0 Å². The first-order chi connectivity index (χ1) is 9.33. The fraction of sp³-hybridized carbons (Fsp3) is 0.562. The summed E-state index contributed by atoms with van der Waals surface area (Å²) in [4.78, 5) is 11.5. The van der Waals surface area contributed by atoms with E-state index in [1.54, 1.807) is 18.7 Å². The number of thioether (sulfide) groups is 1. The van der Waals surface area contributed by atoms with Crippen molar-refractivity contribution in [3.8, 4) is 0 Å². The highest BCUT2D eigenvalue weighted by Gasteiger charge is 2.35. The van der Waals surface area contributed by atoms with E-state index >= 15 is 0 Å². The van der Waals surface area contributed by atoms with Crippen molar-refractivity contribution < 1.29 is 9.90 Å². The van der Waals surface area contributed by atoms with Gasteiger partial charge in [0.25, 0.3) is 0 Å². The molecule has 0 fully saturated rings. The molecule has 3 nitrogen and oxygen atoms in total. The number of carboxylic acid groups (broad SMARTS) is 1. The normalized spacial score (nSPS) is 15.8. The lowest BCUT2D eigenvalue weighted by Crippen LogP contribution is -2.53. The molecule has 0 aliphatic carbocycles. The topological polar surface area (TPSA) is 49.3 Å². The summed E-state index contributed by atoms with van der Waals surface area (Å²) >= 11 is 1.80. The van der Waals surface area contributed by atoms with Crippen molar-refractivity contribution in [3.05, 3.63) is 35.9 Å². The van der Waals surface area contributed by atoms with Gasteiger partial charge in [-0.3, -0.25) is 10.1 Å². The number of hydrogen-bond donors (Lipinski definition) is 2. The molecule has 0 radical (unpaired) electrons. The molecular formula is C16H25NO2S. The van der Waals surface area contributed by atoms with E-state index in [1.807, 2.05) is 32.0 Å². The van der Waals surface area contributed by atoms with Crippen LogP contribution in [-0.2, 0) is 10.5 Å². The maximum Gasteiger partial charge on any atom is 0.323 e. The number of carbonyl (C=O) groups is 1. The van der Waals surface area contributed by atoms with Crippen LogP contribution in [0.25, 0.3) is 0 Å². The fourth-order valence-corrected chi connectivity index (χ4v) is 3.41. The van der Waals surface area contributed by atoms with Gasteiger partial charge in [-0.2, -0.15) is 11.8 Å². The molecule has 1 aromatic carbocycles. The quantitative estimate of drug-likeness (QED) is 0.770. The highest BCUT2D eigenvalue weighted by molar-refractivity contribution is 7.99. The number of carboxylic acids is 1. The van der Waals surface area contributed by atoms with Crippen LogP contribution < -0.4 is 5.32 Å². The zero-order valence-electron chi connectivity index (χ0n) is 12.7. The van der Waals surface area contributed by atoms with Crippen molar-refractivity contribution >= 4 is 17.7 Å². The molecule has 0 aliphatic heterocycles. The molecule has 0 aromatic heterocycles. The molecule has 0 saturated heterocycles. The first kappa shape index (κ1) is 17.1. The highest BCUT2D eigenvalue weighted by atomic mass is 32.2. The van der Waals surface area contributed by atoms with Crippen LogP contribution in [0.15, 0.2) is 30.3 Å². The molecule has 0 aliphatic rings. The van der Waals surface area contributed by atoms with Crippen LogP contribution in [0, 0.1) is 0 Å². The minimum atomic E-state index is -0.864. The molecule has 2 unspecified atom stereocenters. The van der Waals surface area contributed by atoms with Gasteiger partial charge in [-0.1, -0.05) is 37.3 Å². The third-order valence-electron chi connectivity index (χ3n) is 3.15. The zero-order chi connectivity index (χ0) is 15.2. The van der Waals surface area contributed by atoms with Gasteiger partial charge in [-0.05, 0) is 32.8 Å². The summed E-state index contributed by atoms with van der Waals surface area (Å²) in [5.41, 5.74) is 0.412. The molecule has 0 bridgehead atoms. The summed E-state index contributed by atoms with van der Waals surface area (Å²) in [5.74, 6) is 0.137. The summed E-state index contributed by atoms with van der Waals surface area (Å²) in [5, 5.41) is 12.9. The van der Waals surface area contributed by atoms with Gasteiger partial charge in [0.2, 0.25) is 0 Å². The van der Waals surface area contributed by atoms with Crippen LogP contribution in [0.4, 0.5) is 0 Å². The lowest BCUT2D eigenvalue weighted by molar-refractivity contribution is -0.144. The van der Waals surface area contributed by atoms with Gasteiger partial charge in [0.05, 0.1) is 0 Å². The molecule has 0 amide bonds. The Morgan fingerprint density at radius 3 is 2.40 bits per heavy atom. The second-order valence-electron chi connectivity index (χ2n) is 5.75. The van der Waals surface area contributed by atoms with E-state index in [9.17, 15) is 9.90 Å². The Morgan fingerprint density at radius 2 is 1.90 bits per heavy atom. The maximum absolute atomic E-state index is 11.5. The molecule has 0 saturated carbocycles. The summed E-state index contributed by atoms with van der Waals surface area (Å²) < 4.78 is 0. The smallest absolute Gasteiger partial charge is 0.323 e. The lowest BCUT2D eigenvalue weighted by Gasteiger charge is -2.31. The number of nitrogens with one attached hydrogen (secondary N) is 1. The maximum atomic E-state index is 11.5.